The molecule has 142 valence electrons. The summed E-state index contributed by atoms with van der Waals surface area (Å²) in [6.45, 7) is 0. The molecule has 0 aliphatic rings. The summed E-state index contributed by atoms with van der Waals surface area (Å²) in [7, 11) is 0. The van der Waals surface area contributed by atoms with E-state index < -0.39 is 45.6 Å². The van der Waals surface area contributed by atoms with Gasteiger partial charge >= 0.3 is 18.0 Å². The second kappa shape index (κ2) is 6.94. The van der Waals surface area contributed by atoms with Gasteiger partial charge < -0.3 is 0 Å². The zero-order valence-corrected chi connectivity index (χ0v) is 16.0. The smallest absolute Gasteiger partial charge is 0.218 e. The van der Waals surface area contributed by atoms with Gasteiger partial charge in [-0.1, -0.05) is 43.5 Å². The molecule has 0 amide bonds. The molecule has 0 atom stereocenters. The molecule has 2 rings (SSSR count). The summed E-state index contributed by atoms with van der Waals surface area (Å²) in [5.41, 5.74) is -8.61. The van der Waals surface area contributed by atoms with Gasteiger partial charge in [-0.25, -0.2) is 8.78 Å². The molecule has 0 aliphatic carbocycles. The van der Waals surface area contributed by atoms with Crippen LogP contribution in [0.15, 0.2) is 39.3 Å². The Morgan fingerprint density at radius 3 is 1.81 bits per heavy atom. The lowest BCUT2D eigenvalue weighted by Crippen LogP contribution is -2.50. The van der Waals surface area contributed by atoms with Crippen molar-refractivity contribution in [1.29, 1.82) is 0 Å². The third-order valence-electron chi connectivity index (χ3n) is 3.41. The standard InChI is InChI=1S/C15H5Br2ClF8/c16-6-3-9(13(20,14(21,22)23)15(24,25)26)12(10(17)4-6)8-2-1-7(19)5-11(8)18/h1-5H. The summed E-state index contributed by atoms with van der Waals surface area (Å²) in [6, 6.07) is 3.81. The summed E-state index contributed by atoms with van der Waals surface area (Å²) in [5, 5.41) is -0.485. The Kier molecular flexibility index (Phi) is 5.72. The molecule has 0 spiro atoms. The third kappa shape index (κ3) is 3.60. The number of alkyl halides is 7. The molecule has 0 nitrogen and oxygen atoms in total. The second-order valence-corrected chi connectivity index (χ2v) is 7.27. The molecule has 0 fully saturated rings. The van der Waals surface area contributed by atoms with Gasteiger partial charge in [0.2, 0.25) is 0 Å². The van der Waals surface area contributed by atoms with Gasteiger partial charge in [0.05, 0.1) is 5.02 Å². The summed E-state index contributed by atoms with van der Waals surface area (Å²) >= 11 is 11.3. The fourth-order valence-corrected chi connectivity index (χ4v) is 3.98. The van der Waals surface area contributed by atoms with Gasteiger partial charge in [-0.2, -0.15) is 26.3 Å². The van der Waals surface area contributed by atoms with Gasteiger partial charge in [0.1, 0.15) is 5.82 Å². The van der Waals surface area contributed by atoms with E-state index in [0.717, 1.165) is 18.2 Å². The minimum atomic E-state index is -6.31. The largest absolute Gasteiger partial charge is 0.435 e. The van der Waals surface area contributed by atoms with Gasteiger partial charge in [-0.15, -0.1) is 0 Å². The number of hydrogen-bond acceptors (Lipinski definition) is 0. The van der Waals surface area contributed by atoms with Crippen LogP contribution < -0.4 is 0 Å². The van der Waals surface area contributed by atoms with Crippen LogP contribution in [0.5, 0.6) is 0 Å². The molecule has 0 unspecified atom stereocenters. The Labute approximate surface area is 163 Å². The Hall–Kier alpha value is -0.870. The highest BCUT2D eigenvalue weighted by atomic mass is 79.9. The van der Waals surface area contributed by atoms with Crippen molar-refractivity contribution in [3.05, 3.63) is 55.7 Å². The van der Waals surface area contributed by atoms with Gasteiger partial charge in [0.25, 0.3) is 0 Å². The maximum atomic E-state index is 14.6. The average Bonchev–Trinajstić information content (AvgIpc) is 2.44. The van der Waals surface area contributed by atoms with Crippen molar-refractivity contribution in [2.24, 2.45) is 0 Å². The first-order valence-corrected chi connectivity index (χ1v) is 8.44. The van der Waals surface area contributed by atoms with Crippen LogP contribution in [-0.2, 0) is 5.67 Å². The molecule has 2 aromatic carbocycles. The SMILES string of the molecule is Fc1ccc(-c2c(Br)cc(Br)cc2C(F)(C(F)(F)F)C(F)(F)F)c(Cl)c1. The van der Waals surface area contributed by atoms with E-state index >= 15 is 0 Å². The van der Waals surface area contributed by atoms with Crippen molar-refractivity contribution in [1.82, 2.24) is 0 Å². The van der Waals surface area contributed by atoms with Crippen LogP contribution in [-0.4, -0.2) is 12.4 Å². The minimum Gasteiger partial charge on any atom is -0.218 e. The monoisotopic (exact) mass is 530 g/mol. The fraction of sp³-hybridized carbons (Fsp3) is 0.200. The zero-order valence-electron chi connectivity index (χ0n) is 12.0. The van der Waals surface area contributed by atoms with Crippen molar-refractivity contribution in [2.75, 3.05) is 0 Å². The number of rotatable bonds is 2. The predicted molar refractivity (Wildman–Crippen MR) is 87.1 cm³/mol. The first-order valence-electron chi connectivity index (χ1n) is 6.47. The van der Waals surface area contributed by atoms with Crippen LogP contribution in [0.1, 0.15) is 5.56 Å². The van der Waals surface area contributed by atoms with Gasteiger partial charge in [-0.3, -0.25) is 0 Å². The van der Waals surface area contributed by atoms with E-state index in [9.17, 15) is 35.1 Å². The van der Waals surface area contributed by atoms with Crippen molar-refractivity contribution in [2.45, 2.75) is 18.0 Å². The van der Waals surface area contributed by atoms with Crippen molar-refractivity contribution in [3.63, 3.8) is 0 Å². The molecule has 0 saturated heterocycles. The number of benzene rings is 2. The van der Waals surface area contributed by atoms with E-state index in [4.69, 9.17) is 11.6 Å². The summed E-state index contributed by atoms with van der Waals surface area (Å²) in [6.07, 6.45) is -12.6. The highest BCUT2D eigenvalue weighted by Gasteiger charge is 2.74. The first-order chi connectivity index (χ1) is 11.7. The molecule has 0 saturated carbocycles. The van der Waals surface area contributed by atoms with Gasteiger partial charge in [0.15, 0.2) is 0 Å². The third-order valence-corrected chi connectivity index (χ3v) is 4.80. The molecule has 26 heavy (non-hydrogen) atoms. The number of halogens is 11. The highest BCUT2D eigenvalue weighted by molar-refractivity contribution is 9.11. The Bertz CT molecular complexity index is 831. The summed E-state index contributed by atoms with van der Waals surface area (Å²) < 4.78 is 106. The highest BCUT2D eigenvalue weighted by Crippen LogP contribution is 2.57. The van der Waals surface area contributed by atoms with Crippen LogP contribution >= 0.6 is 43.5 Å². The van der Waals surface area contributed by atoms with Crippen molar-refractivity contribution >= 4 is 43.5 Å². The lowest BCUT2D eigenvalue weighted by molar-refractivity contribution is -0.348. The summed E-state index contributed by atoms with van der Waals surface area (Å²) in [5.74, 6) is -0.869. The Morgan fingerprint density at radius 2 is 1.35 bits per heavy atom. The van der Waals surface area contributed by atoms with Crippen LogP contribution in [0.3, 0.4) is 0 Å². The molecule has 2 aromatic rings. The molecule has 0 aromatic heterocycles. The lowest BCUT2D eigenvalue weighted by atomic mass is 9.87. The zero-order chi connectivity index (χ0) is 20.1. The minimum absolute atomic E-state index is 0.239. The van der Waals surface area contributed by atoms with Crippen LogP contribution in [0.2, 0.25) is 5.02 Å². The molecular formula is C15H5Br2ClF8. The molecule has 0 aliphatic heterocycles. The molecule has 0 bridgehead atoms. The topological polar surface area (TPSA) is 0 Å². The quantitative estimate of drug-likeness (QED) is 0.345. The maximum absolute atomic E-state index is 14.6. The van der Waals surface area contributed by atoms with E-state index in [-0.39, 0.29) is 8.95 Å². The molecular weight excluding hydrogens is 527 g/mol. The van der Waals surface area contributed by atoms with E-state index in [0.29, 0.717) is 12.1 Å². The average molecular weight is 532 g/mol. The second-order valence-electron chi connectivity index (χ2n) is 5.09. The fourth-order valence-electron chi connectivity index (χ4n) is 2.28. The normalized spacial score (nSPS) is 13.2. The molecule has 0 heterocycles. The van der Waals surface area contributed by atoms with E-state index in [2.05, 4.69) is 31.9 Å². The predicted octanol–water partition coefficient (Wildman–Crippen LogP) is 7.96. The van der Waals surface area contributed by atoms with E-state index in [1.54, 1.807) is 0 Å². The van der Waals surface area contributed by atoms with Crippen LogP contribution in [0.25, 0.3) is 11.1 Å². The molecule has 0 N–H and O–H groups in total. The molecule has 11 heteroatoms. The van der Waals surface area contributed by atoms with E-state index in [1.807, 2.05) is 0 Å². The summed E-state index contributed by atoms with van der Waals surface area (Å²) in [4.78, 5) is 0. The maximum Gasteiger partial charge on any atom is 0.435 e. The van der Waals surface area contributed by atoms with Crippen molar-refractivity contribution in [3.8, 4) is 11.1 Å². The Morgan fingerprint density at radius 1 is 0.808 bits per heavy atom. The van der Waals surface area contributed by atoms with Gasteiger partial charge in [0, 0.05) is 25.6 Å². The van der Waals surface area contributed by atoms with Gasteiger partial charge in [-0.05, 0) is 30.3 Å². The molecule has 0 radical (unpaired) electrons. The lowest BCUT2D eigenvalue weighted by Gasteiger charge is -2.32. The van der Waals surface area contributed by atoms with Crippen LogP contribution in [0.4, 0.5) is 35.1 Å². The number of hydrogen-bond donors (Lipinski definition) is 0. The first kappa shape index (κ1) is 21.4. The Balaban J connectivity index is 2.97. The van der Waals surface area contributed by atoms with E-state index in [1.165, 1.54) is 0 Å². The van der Waals surface area contributed by atoms with Crippen LogP contribution in [0, 0.1) is 5.82 Å². The van der Waals surface area contributed by atoms with Crippen molar-refractivity contribution < 1.29 is 35.1 Å².